The molecule has 2 N–H and O–H groups in total. The lowest BCUT2D eigenvalue weighted by molar-refractivity contribution is 0.102. The number of para-hydroxylation sites is 1. The Bertz CT molecular complexity index is 1570. The second-order valence-electron chi connectivity index (χ2n) is 7.94. The summed E-state index contributed by atoms with van der Waals surface area (Å²) in [7, 11) is 0. The highest BCUT2D eigenvalue weighted by atomic mass is 16.5. The molecule has 162 valence electrons. The van der Waals surface area contributed by atoms with E-state index >= 15 is 0 Å². The van der Waals surface area contributed by atoms with Gasteiger partial charge in [0, 0.05) is 22.8 Å². The summed E-state index contributed by atoms with van der Waals surface area (Å²) in [6.07, 6.45) is 1.72. The zero-order valence-corrected chi connectivity index (χ0v) is 18.2. The highest BCUT2D eigenvalue weighted by molar-refractivity contribution is 6.05. The van der Waals surface area contributed by atoms with Gasteiger partial charge in [-0.05, 0) is 85.0 Å². The van der Waals surface area contributed by atoms with Crippen molar-refractivity contribution in [2.75, 3.05) is 5.32 Å². The minimum Gasteiger partial charge on any atom is -0.457 e. The smallest absolute Gasteiger partial charge is 0.261 e. The van der Waals surface area contributed by atoms with Crippen LogP contribution in [-0.2, 0) is 0 Å². The minimum absolute atomic E-state index is 0.0583. The average Bonchev–Trinajstić information content (AvgIpc) is 2.81. The van der Waals surface area contributed by atoms with E-state index in [1.165, 1.54) is 11.1 Å². The van der Waals surface area contributed by atoms with Crippen LogP contribution < -0.4 is 15.6 Å². The summed E-state index contributed by atoms with van der Waals surface area (Å²) in [5.74, 6) is 0.867. The van der Waals surface area contributed by atoms with Crippen LogP contribution in [0.3, 0.4) is 0 Å². The van der Waals surface area contributed by atoms with Crippen LogP contribution in [0.4, 0.5) is 5.69 Å². The first-order chi connectivity index (χ1) is 16.0. The SMILES string of the molecule is Cc1cc2nccc(Oc3ccc(NC(=O)c4cc5ccccc5[nH]c4=O)cc3)c2cc1C. The molecule has 0 spiro atoms. The van der Waals surface area contributed by atoms with Gasteiger partial charge >= 0.3 is 0 Å². The lowest BCUT2D eigenvalue weighted by Gasteiger charge is -2.11. The Morgan fingerprint density at radius 1 is 0.939 bits per heavy atom. The molecule has 5 aromatic rings. The molecule has 0 unspecified atom stereocenters. The maximum absolute atomic E-state index is 12.7. The number of fused-ring (bicyclic) bond motifs is 2. The number of aromatic amines is 1. The summed E-state index contributed by atoms with van der Waals surface area (Å²) >= 11 is 0. The average molecular weight is 435 g/mol. The number of pyridine rings is 2. The first-order valence-corrected chi connectivity index (χ1v) is 10.6. The topological polar surface area (TPSA) is 84.1 Å². The summed E-state index contributed by atoms with van der Waals surface area (Å²) in [6, 6.07) is 21.9. The Hall–Kier alpha value is -4.45. The summed E-state index contributed by atoms with van der Waals surface area (Å²) in [6.45, 7) is 4.12. The molecule has 1 amide bonds. The minimum atomic E-state index is -0.471. The molecule has 0 atom stereocenters. The fourth-order valence-corrected chi connectivity index (χ4v) is 3.72. The third-order valence-corrected chi connectivity index (χ3v) is 5.66. The number of hydrogen-bond acceptors (Lipinski definition) is 4. The van der Waals surface area contributed by atoms with Crippen molar-refractivity contribution in [1.29, 1.82) is 0 Å². The third-order valence-electron chi connectivity index (χ3n) is 5.66. The van der Waals surface area contributed by atoms with E-state index in [0.29, 0.717) is 22.7 Å². The Labute approximate surface area is 189 Å². The molecule has 5 rings (SSSR count). The quantitative estimate of drug-likeness (QED) is 0.377. The molecule has 6 heteroatoms. The highest BCUT2D eigenvalue weighted by Crippen LogP contribution is 2.31. The Balaban J connectivity index is 1.36. The van der Waals surface area contributed by atoms with Gasteiger partial charge in [-0.15, -0.1) is 0 Å². The summed E-state index contributed by atoms with van der Waals surface area (Å²) < 4.78 is 6.09. The van der Waals surface area contributed by atoms with Gasteiger partial charge in [-0.25, -0.2) is 0 Å². The lowest BCUT2D eigenvalue weighted by atomic mass is 10.1. The van der Waals surface area contributed by atoms with Crippen LogP contribution in [-0.4, -0.2) is 15.9 Å². The maximum Gasteiger partial charge on any atom is 0.261 e. The van der Waals surface area contributed by atoms with Gasteiger partial charge in [0.25, 0.3) is 11.5 Å². The molecule has 0 radical (unpaired) electrons. The van der Waals surface area contributed by atoms with Crippen LogP contribution in [0.25, 0.3) is 21.8 Å². The molecule has 0 bridgehead atoms. The second kappa shape index (κ2) is 8.24. The van der Waals surface area contributed by atoms with Crippen molar-refractivity contribution in [1.82, 2.24) is 9.97 Å². The molecule has 0 aliphatic rings. The molecule has 0 saturated carbocycles. The number of amides is 1. The van der Waals surface area contributed by atoms with E-state index in [0.717, 1.165) is 16.3 Å². The number of rotatable bonds is 4. The number of carbonyl (C=O) groups excluding carboxylic acids is 1. The fourth-order valence-electron chi connectivity index (χ4n) is 3.72. The lowest BCUT2D eigenvalue weighted by Crippen LogP contribution is -2.22. The molecular formula is C27H21N3O3. The number of hydrogen-bond donors (Lipinski definition) is 2. The van der Waals surface area contributed by atoms with E-state index in [1.54, 1.807) is 42.6 Å². The first kappa shape index (κ1) is 20.5. The Morgan fingerprint density at radius 2 is 1.70 bits per heavy atom. The van der Waals surface area contributed by atoms with Crippen molar-refractivity contribution >= 4 is 33.4 Å². The number of nitrogens with one attached hydrogen (secondary N) is 2. The largest absolute Gasteiger partial charge is 0.457 e. The molecule has 0 saturated heterocycles. The van der Waals surface area contributed by atoms with Crippen molar-refractivity contribution in [3.8, 4) is 11.5 Å². The van der Waals surface area contributed by atoms with E-state index in [4.69, 9.17) is 4.74 Å². The van der Waals surface area contributed by atoms with Gasteiger partial charge in [0.1, 0.15) is 17.1 Å². The van der Waals surface area contributed by atoms with Gasteiger partial charge in [0.05, 0.1) is 5.52 Å². The van der Waals surface area contributed by atoms with Gasteiger partial charge in [-0.1, -0.05) is 18.2 Å². The van der Waals surface area contributed by atoms with Crippen LogP contribution in [0.2, 0.25) is 0 Å². The van der Waals surface area contributed by atoms with Crippen molar-refractivity contribution in [2.45, 2.75) is 13.8 Å². The predicted molar refractivity (Wildman–Crippen MR) is 130 cm³/mol. The third kappa shape index (κ3) is 4.06. The van der Waals surface area contributed by atoms with Crippen LogP contribution in [0, 0.1) is 13.8 Å². The normalized spacial score (nSPS) is 11.0. The number of anilines is 1. The number of H-pyrrole nitrogens is 1. The van der Waals surface area contributed by atoms with Gasteiger partial charge in [-0.2, -0.15) is 0 Å². The molecule has 33 heavy (non-hydrogen) atoms. The fraction of sp³-hybridized carbons (Fsp3) is 0.0741. The highest BCUT2D eigenvalue weighted by Gasteiger charge is 2.13. The Kier molecular flexibility index (Phi) is 5.11. The van der Waals surface area contributed by atoms with Crippen molar-refractivity contribution in [2.24, 2.45) is 0 Å². The second-order valence-corrected chi connectivity index (χ2v) is 7.94. The van der Waals surface area contributed by atoms with E-state index < -0.39 is 11.5 Å². The van der Waals surface area contributed by atoms with Crippen molar-refractivity contribution in [3.63, 3.8) is 0 Å². The number of benzene rings is 3. The van der Waals surface area contributed by atoms with Crippen LogP contribution in [0.15, 0.2) is 83.8 Å². The zero-order valence-electron chi connectivity index (χ0n) is 18.2. The van der Waals surface area contributed by atoms with E-state index in [9.17, 15) is 9.59 Å². The Morgan fingerprint density at radius 3 is 2.52 bits per heavy atom. The maximum atomic E-state index is 12.7. The van der Waals surface area contributed by atoms with E-state index in [-0.39, 0.29) is 5.56 Å². The molecule has 2 aromatic heterocycles. The van der Waals surface area contributed by atoms with Crippen LogP contribution >= 0.6 is 0 Å². The first-order valence-electron chi connectivity index (χ1n) is 10.6. The standard InChI is InChI=1S/C27H21N3O3/c1-16-13-21-24(14-17(16)2)28-12-11-25(21)33-20-9-7-19(8-10-20)29-26(31)22-15-18-5-3-4-6-23(18)30-27(22)32/h3-15H,1-2H3,(H,29,31)(H,30,32). The van der Waals surface area contributed by atoms with Crippen molar-refractivity contribution in [3.05, 3.63) is 106 Å². The van der Waals surface area contributed by atoms with Gasteiger partial charge in [-0.3, -0.25) is 14.6 Å². The molecular weight excluding hydrogens is 414 g/mol. The number of aromatic nitrogens is 2. The number of ether oxygens (including phenoxy) is 1. The molecule has 6 nitrogen and oxygen atoms in total. The number of aryl methyl sites for hydroxylation is 2. The van der Waals surface area contributed by atoms with Crippen LogP contribution in [0.5, 0.6) is 11.5 Å². The molecule has 0 fully saturated rings. The van der Waals surface area contributed by atoms with E-state index in [2.05, 4.69) is 35.2 Å². The zero-order chi connectivity index (χ0) is 22.9. The predicted octanol–water partition coefficient (Wildman–Crippen LogP) is 5.74. The van der Waals surface area contributed by atoms with Gasteiger partial charge in [0.15, 0.2) is 0 Å². The molecule has 0 aliphatic carbocycles. The van der Waals surface area contributed by atoms with E-state index in [1.807, 2.05) is 30.3 Å². The summed E-state index contributed by atoms with van der Waals surface area (Å²) in [5.41, 5.74) is 4.10. The van der Waals surface area contributed by atoms with Gasteiger partial charge in [0.2, 0.25) is 0 Å². The van der Waals surface area contributed by atoms with Crippen LogP contribution in [0.1, 0.15) is 21.5 Å². The summed E-state index contributed by atoms with van der Waals surface area (Å²) in [5, 5.41) is 4.50. The molecule has 2 heterocycles. The molecule has 3 aromatic carbocycles. The number of carbonyl (C=O) groups is 1. The molecule has 0 aliphatic heterocycles. The monoisotopic (exact) mass is 435 g/mol. The number of nitrogens with zero attached hydrogens (tertiary/aromatic N) is 1. The van der Waals surface area contributed by atoms with Crippen molar-refractivity contribution < 1.29 is 9.53 Å². The summed E-state index contributed by atoms with van der Waals surface area (Å²) in [4.78, 5) is 32.2. The van der Waals surface area contributed by atoms with Gasteiger partial charge < -0.3 is 15.0 Å².